The summed E-state index contributed by atoms with van der Waals surface area (Å²) in [6.45, 7) is 7.26. The van der Waals surface area contributed by atoms with Crippen molar-refractivity contribution >= 4 is 17.8 Å². The average Bonchev–Trinajstić information content (AvgIpc) is 2.76. The monoisotopic (exact) mass is 404 g/mol. The van der Waals surface area contributed by atoms with Crippen LogP contribution in [0.25, 0.3) is 0 Å². The number of carbonyl (C=O) groups is 2. The Balaban J connectivity index is 1.89. The number of piperidine rings is 1. The molecular weight excluding hydrogens is 372 g/mol. The van der Waals surface area contributed by atoms with Crippen molar-refractivity contribution < 1.29 is 19.1 Å². The Bertz CT molecular complexity index is 708. The molecule has 1 unspecified atom stereocenters. The molecule has 1 aromatic rings. The summed E-state index contributed by atoms with van der Waals surface area (Å²) >= 11 is 0. The third-order valence-corrected chi connectivity index (χ3v) is 4.67. The van der Waals surface area contributed by atoms with Crippen LogP contribution in [0.2, 0.25) is 0 Å². The fourth-order valence-corrected chi connectivity index (χ4v) is 3.25. The van der Waals surface area contributed by atoms with Gasteiger partial charge in [-0.05, 0) is 44.9 Å². The number of amides is 1. The van der Waals surface area contributed by atoms with Gasteiger partial charge in [-0.3, -0.25) is 14.6 Å². The first kappa shape index (κ1) is 22.5. The minimum absolute atomic E-state index is 0.125. The van der Waals surface area contributed by atoms with E-state index in [0.29, 0.717) is 37.6 Å². The van der Waals surface area contributed by atoms with Gasteiger partial charge in [0.25, 0.3) is 5.91 Å². The predicted molar refractivity (Wildman–Crippen MR) is 112 cm³/mol. The average molecular weight is 405 g/mol. The number of nitrogens with zero attached hydrogens (tertiary/aromatic N) is 2. The zero-order valence-corrected chi connectivity index (χ0v) is 17.6. The Morgan fingerprint density at radius 1 is 1.28 bits per heavy atom. The maximum Gasteiger partial charge on any atom is 0.310 e. The summed E-state index contributed by atoms with van der Waals surface area (Å²) in [5, 5.41) is 6.15. The smallest absolute Gasteiger partial charge is 0.310 e. The number of guanidine groups is 1. The fourth-order valence-electron chi connectivity index (χ4n) is 3.25. The molecule has 1 aliphatic rings. The fraction of sp³-hybridized carbons (Fsp3) is 0.571. The highest BCUT2D eigenvalue weighted by molar-refractivity contribution is 5.94. The molecule has 2 N–H and O–H groups in total. The number of esters is 1. The van der Waals surface area contributed by atoms with E-state index in [1.165, 1.54) is 0 Å². The lowest BCUT2D eigenvalue weighted by molar-refractivity contribution is -0.149. The molecule has 0 spiro atoms. The van der Waals surface area contributed by atoms with Crippen LogP contribution in [0.15, 0.2) is 29.3 Å². The standard InChI is InChI=1S/C21H32N4O4/c1-4-22-21(25-13-7-9-17(15-25)20(27)29-5-2)24-12-11-23-19(26)16-8-6-10-18(14-16)28-3/h6,8,10,14,17H,4-5,7,9,11-13,15H2,1-3H3,(H,22,24)(H,23,26). The zero-order chi connectivity index (χ0) is 21.1. The van der Waals surface area contributed by atoms with E-state index in [4.69, 9.17) is 9.47 Å². The van der Waals surface area contributed by atoms with Crippen LogP contribution in [0, 0.1) is 5.92 Å². The Hall–Kier alpha value is -2.77. The van der Waals surface area contributed by atoms with E-state index in [9.17, 15) is 9.59 Å². The van der Waals surface area contributed by atoms with Crippen molar-refractivity contribution in [2.24, 2.45) is 10.9 Å². The largest absolute Gasteiger partial charge is 0.497 e. The Morgan fingerprint density at radius 2 is 2.10 bits per heavy atom. The van der Waals surface area contributed by atoms with Crippen LogP contribution in [0.3, 0.4) is 0 Å². The molecule has 0 aliphatic carbocycles. The quantitative estimate of drug-likeness (QED) is 0.296. The number of methoxy groups -OCH3 is 1. The first-order chi connectivity index (χ1) is 14.1. The Labute approximate surface area is 172 Å². The van der Waals surface area contributed by atoms with Crippen molar-refractivity contribution in [1.82, 2.24) is 15.5 Å². The molecule has 1 fully saturated rings. The number of hydrogen-bond donors (Lipinski definition) is 2. The van der Waals surface area contributed by atoms with Crippen LogP contribution in [-0.4, -0.2) is 69.2 Å². The minimum Gasteiger partial charge on any atom is -0.497 e. The number of ether oxygens (including phenoxy) is 2. The van der Waals surface area contributed by atoms with Crippen molar-refractivity contribution in [3.8, 4) is 5.75 Å². The van der Waals surface area contributed by atoms with Crippen molar-refractivity contribution in [3.05, 3.63) is 29.8 Å². The van der Waals surface area contributed by atoms with Gasteiger partial charge < -0.3 is 25.0 Å². The normalized spacial score (nSPS) is 16.9. The number of likely N-dealkylation sites (tertiary alicyclic amines) is 1. The highest BCUT2D eigenvalue weighted by atomic mass is 16.5. The highest BCUT2D eigenvalue weighted by Crippen LogP contribution is 2.18. The third-order valence-electron chi connectivity index (χ3n) is 4.67. The summed E-state index contributed by atoms with van der Waals surface area (Å²) in [6, 6.07) is 7.03. The van der Waals surface area contributed by atoms with Crippen LogP contribution in [0.5, 0.6) is 5.75 Å². The van der Waals surface area contributed by atoms with Gasteiger partial charge in [-0.2, -0.15) is 0 Å². The molecule has 29 heavy (non-hydrogen) atoms. The maximum atomic E-state index is 12.3. The van der Waals surface area contributed by atoms with Gasteiger partial charge in [0, 0.05) is 31.7 Å². The topological polar surface area (TPSA) is 92.3 Å². The summed E-state index contributed by atoms with van der Waals surface area (Å²) in [5.41, 5.74) is 0.550. The molecule has 1 aliphatic heterocycles. The van der Waals surface area contributed by atoms with E-state index in [0.717, 1.165) is 31.9 Å². The van der Waals surface area contributed by atoms with Gasteiger partial charge in [0.15, 0.2) is 5.96 Å². The van der Waals surface area contributed by atoms with Crippen LogP contribution in [0.1, 0.15) is 37.0 Å². The third kappa shape index (κ3) is 6.96. The molecular formula is C21H32N4O4. The molecule has 1 amide bonds. The Kier molecular flexibility index (Phi) is 9.27. The number of carbonyl (C=O) groups excluding carboxylic acids is 2. The van der Waals surface area contributed by atoms with E-state index < -0.39 is 0 Å². The van der Waals surface area contributed by atoms with E-state index in [2.05, 4.69) is 20.5 Å². The molecule has 8 heteroatoms. The molecule has 8 nitrogen and oxygen atoms in total. The SMILES string of the molecule is CCNC(=NCCNC(=O)c1cccc(OC)c1)N1CCCC(C(=O)OCC)C1. The van der Waals surface area contributed by atoms with Crippen molar-refractivity contribution in [1.29, 1.82) is 0 Å². The second-order valence-corrected chi connectivity index (χ2v) is 6.76. The van der Waals surface area contributed by atoms with E-state index >= 15 is 0 Å². The van der Waals surface area contributed by atoms with Gasteiger partial charge in [0.2, 0.25) is 0 Å². The lowest BCUT2D eigenvalue weighted by Crippen LogP contribution is -2.48. The highest BCUT2D eigenvalue weighted by Gasteiger charge is 2.28. The van der Waals surface area contributed by atoms with E-state index in [1.807, 2.05) is 13.8 Å². The number of rotatable bonds is 8. The summed E-state index contributed by atoms with van der Waals surface area (Å²) in [4.78, 5) is 31.1. The van der Waals surface area contributed by atoms with Crippen LogP contribution >= 0.6 is 0 Å². The Morgan fingerprint density at radius 3 is 2.83 bits per heavy atom. The predicted octanol–water partition coefficient (Wildman–Crippen LogP) is 1.67. The summed E-state index contributed by atoms with van der Waals surface area (Å²) in [5.74, 6) is 0.979. The van der Waals surface area contributed by atoms with Gasteiger partial charge >= 0.3 is 5.97 Å². The molecule has 0 aromatic heterocycles. The molecule has 2 rings (SSSR count). The van der Waals surface area contributed by atoms with Gasteiger partial charge in [-0.25, -0.2) is 0 Å². The second kappa shape index (κ2) is 11.9. The summed E-state index contributed by atoms with van der Waals surface area (Å²) < 4.78 is 10.3. The first-order valence-electron chi connectivity index (χ1n) is 10.2. The van der Waals surface area contributed by atoms with Gasteiger partial charge in [-0.1, -0.05) is 6.07 Å². The minimum atomic E-state index is -0.163. The van der Waals surface area contributed by atoms with E-state index in [-0.39, 0.29) is 17.8 Å². The van der Waals surface area contributed by atoms with Crippen molar-refractivity contribution in [3.63, 3.8) is 0 Å². The van der Waals surface area contributed by atoms with Crippen molar-refractivity contribution in [2.45, 2.75) is 26.7 Å². The molecule has 0 radical (unpaired) electrons. The maximum absolute atomic E-state index is 12.3. The molecule has 1 heterocycles. The number of hydrogen-bond acceptors (Lipinski definition) is 5. The molecule has 1 saturated heterocycles. The van der Waals surface area contributed by atoms with Crippen LogP contribution in [-0.2, 0) is 9.53 Å². The molecule has 0 saturated carbocycles. The number of aliphatic imine (C=N–C) groups is 1. The van der Waals surface area contributed by atoms with Crippen LogP contribution < -0.4 is 15.4 Å². The summed E-state index contributed by atoms with van der Waals surface area (Å²) in [6.07, 6.45) is 1.76. The number of nitrogens with one attached hydrogen (secondary N) is 2. The van der Waals surface area contributed by atoms with Gasteiger partial charge in [0.05, 0.1) is 26.2 Å². The lowest BCUT2D eigenvalue weighted by Gasteiger charge is -2.34. The zero-order valence-electron chi connectivity index (χ0n) is 17.6. The number of benzene rings is 1. The molecule has 0 bridgehead atoms. The van der Waals surface area contributed by atoms with Crippen LogP contribution in [0.4, 0.5) is 0 Å². The lowest BCUT2D eigenvalue weighted by atomic mass is 9.98. The first-order valence-corrected chi connectivity index (χ1v) is 10.2. The van der Waals surface area contributed by atoms with E-state index in [1.54, 1.807) is 31.4 Å². The molecule has 1 atom stereocenters. The summed E-state index contributed by atoms with van der Waals surface area (Å²) in [7, 11) is 1.57. The molecule has 1 aromatic carbocycles. The van der Waals surface area contributed by atoms with Crippen molar-refractivity contribution in [2.75, 3.05) is 46.4 Å². The second-order valence-electron chi connectivity index (χ2n) is 6.76. The van der Waals surface area contributed by atoms with Gasteiger partial charge in [-0.15, -0.1) is 0 Å². The molecule has 160 valence electrons. The van der Waals surface area contributed by atoms with Gasteiger partial charge in [0.1, 0.15) is 5.75 Å².